The molecule has 4 heteroatoms. The number of para-hydroxylation sites is 1. The Balaban J connectivity index is 2.14. The van der Waals surface area contributed by atoms with Gasteiger partial charge < -0.3 is 10.1 Å². The van der Waals surface area contributed by atoms with Crippen molar-refractivity contribution >= 4 is 5.69 Å². The van der Waals surface area contributed by atoms with Gasteiger partial charge in [-0.3, -0.25) is 4.90 Å². The van der Waals surface area contributed by atoms with Crippen molar-refractivity contribution < 1.29 is 5.21 Å². The predicted molar refractivity (Wildman–Crippen MR) is 73.9 cm³/mol. The summed E-state index contributed by atoms with van der Waals surface area (Å²) in [5, 5.41) is 8.84. The number of nitrogens with zero attached hydrogens (tertiary/aromatic N) is 2. The van der Waals surface area contributed by atoms with Gasteiger partial charge in [0.15, 0.2) is 0 Å². The molecule has 100 valence electrons. The summed E-state index contributed by atoms with van der Waals surface area (Å²) in [7, 11) is 0. The van der Waals surface area contributed by atoms with Crippen LogP contribution in [0, 0.1) is 6.92 Å². The van der Waals surface area contributed by atoms with Gasteiger partial charge in [-0.2, -0.15) is 5.48 Å². The molecule has 0 aromatic heterocycles. The van der Waals surface area contributed by atoms with Gasteiger partial charge >= 0.3 is 0 Å². The normalized spacial score (nSPS) is 25.4. The molecule has 18 heavy (non-hydrogen) atoms. The highest BCUT2D eigenvalue weighted by Gasteiger charge is 2.29. The van der Waals surface area contributed by atoms with E-state index in [0.29, 0.717) is 18.8 Å². The first kappa shape index (κ1) is 13.3. The standard InChI is InChI=1S/C14H23N3O/c1-11-6-4-5-7-14(11)17-9-12(2)16(10-15-18)8-13(17)3/h4-7,12-13,15,18H,8-10H2,1-3H3/t12-,13+/m1/s1. The molecule has 0 unspecified atom stereocenters. The first-order valence-electron chi connectivity index (χ1n) is 6.56. The second-order valence-corrected chi connectivity index (χ2v) is 5.22. The van der Waals surface area contributed by atoms with Crippen LogP contribution in [-0.2, 0) is 0 Å². The van der Waals surface area contributed by atoms with E-state index in [2.05, 4.69) is 60.3 Å². The Morgan fingerprint density at radius 3 is 2.61 bits per heavy atom. The summed E-state index contributed by atoms with van der Waals surface area (Å²) in [6.45, 7) is 9.09. The fraction of sp³-hybridized carbons (Fsp3) is 0.571. The van der Waals surface area contributed by atoms with E-state index in [4.69, 9.17) is 5.21 Å². The third-order valence-corrected chi connectivity index (χ3v) is 3.81. The molecule has 1 aromatic rings. The molecule has 1 aliphatic heterocycles. The summed E-state index contributed by atoms with van der Waals surface area (Å²) in [6.07, 6.45) is 0. The van der Waals surface area contributed by atoms with Gasteiger partial charge in [-0.05, 0) is 32.4 Å². The Morgan fingerprint density at radius 1 is 1.22 bits per heavy atom. The second kappa shape index (κ2) is 5.69. The average Bonchev–Trinajstić information content (AvgIpc) is 2.35. The van der Waals surface area contributed by atoms with E-state index in [0.717, 1.165) is 13.1 Å². The van der Waals surface area contributed by atoms with Crippen LogP contribution in [0.4, 0.5) is 5.69 Å². The Morgan fingerprint density at radius 2 is 1.94 bits per heavy atom. The molecule has 0 spiro atoms. The molecule has 0 radical (unpaired) electrons. The molecule has 2 rings (SSSR count). The van der Waals surface area contributed by atoms with Crippen LogP contribution < -0.4 is 10.4 Å². The fourth-order valence-corrected chi connectivity index (χ4v) is 2.73. The van der Waals surface area contributed by atoms with Crippen LogP contribution in [0.25, 0.3) is 0 Å². The number of anilines is 1. The molecule has 1 heterocycles. The van der Waals surface area contributed by atoms with Crippen LogP contribution >= 0.6 is 0 Å². The molecule has 0 saturated carbocycles. The molecule has 0 aliphatic carbocycles. The van der Waals surface area contributed by atoms with Crippen molar-refractivity contribution in [1.29, 1.82) is 0 Å². The molecule has 4 nitrogen and oxygen atoms in total. The van der Waals surface area contributed by atoms with Crippen molar-refractivity contribution in [2.24, 2.45) is 0 Å². The number of nitrogens with one attached hydrogen (secondary N) is 1. The minimum atomic E-state index is 0.431. The summed E-state index contributed by atoms with van der Waals surface area (Å²) in [5.41, 5.74) is 4.91. The van der Waals surface area contributed by atoms with Crippen molar-refractivity contribution in [3.8, 4) is 0 Å². The summed E-state index contributed by atoms with van der Waals surface area (Å²) in [6, 6.07) is 9.42. The molecule has 1 saturated heterocycles. The molecule has 1 aliphatic rings. The minimum Gasteiger partial charge on any atom is -0.366 e. The zero-order valence-corrected chi connectivity index (χ0v) is 11.4. The number of aryl methyl sites for hydroxylation is 1. The predicted octanol–water partition coefficient (Wildman–Crippen LogP) is 1.83. The Labute approximate surface area is 109 Å². The van der Waals surface area contributed by atoms with Crippen molar-refractivity contribution in [2.75, 3.05) is 24.7 Å². The maximum Gasteiger partial charge on any atom is 0.0726 e. The minimum absolute atomic E-state index is 0.431. The van der Waals surface area contributed by atoms with Crippen molar-refractivity contribution in [2.45, 2.75) is 32.9 Å². The highest BCUT2D eigenvalue weighted by Crippen LogP contribution is 2.25. The molecule has 2 N–H and O–H groups in total. The first-order valence-corrected chi connectivity index (χ1v) is 6.56. The molecule has 0 bridgehead atoms. The summed E-state index contributed by atoms with van der Waals surface area (Å²) in [5.74, 6) is 0. The SMILES string of the molecule is Cc1ccccc1N1C[C@@H](C)N(CNO)C[C@@H]1C. The third-order valence-electron chi connectivity index (χ3n) is 3.81. The molecular formula is C14H23N3O. The Bertz CT molecular complexity index is 396. The van der Waals surface area contributed by atoms with E-state index in [1.807, 2.05) is 0 Å². The van der Waals surface area contributed by atoms with E-state index < -0.39 is 0 Å². The monoisotopic (exact) mass is 249 g/mol. The zero-order chi connectivity index (χ0) is 13.1. The van der Waals surface area contributed by atoms with Crippen molar-refractivity contribution in [3.05, 3.63) is 29.8 Å². The van der Waals surface area contributed by atoms with E-state index in [1.165, 1.54) is 11.3 Å². The van der Waals surface area contributed by atoms with Gasteiger partial charge in [0.1, 0.15) is 0 Å². The summed E-state index contributed by atoms with van der Waals surface area (Å²) >= 11 is 0. The maximum absolute atomic E-state index is 8.84. The molecule has 0 amide bonds. The van der Waals surface area contributed by atoms with Crippen LogP contribution in [0.1, 0.15) is 19.4 Å². The highest BCUT2D eigenvalue weighted by atomic mass is 16.5. The van der Waals surface area contributed by atoms with E-state index >= 15 is 0 Å². The number of hydroxylamine groups is 1. The zero-order valence-electron chi connectivity index (χ0n) is 11.4. The van der Waals surface area contributed by atoms with E-state index in [-0.39, 0.29) is 0 Å². The number of benzene rings is 1. The second-order valence-electron chi connectivity index (χ2n) is 5.22. The van der Waals surface area contributed by atoms with E-state index in [1.54, 1.807) is 0 Å². The quantitative estimate of drug-likeness (QED) is 0.802. The smallest absolute Gasteiger partial charge is 0.0726 e. The number of rotatable bonds is 3. The van der Waals surface area contributed by atoms with Crippen LogP contribution in [0.3, 0.4) is 0 Å². The van der Waals surface area contributed by atoms with Gasteiger partial charge in [-0.15, -0.1) is 0 Å². The van der Waals surface area contributed by atoms with Gasteiger partial charge in [0.05, 0.1) is 6.67 Å². The van der Waals surface area contributed by atoms with Crippen LogP contribution in [0.5, 0.6) is 0 Å². The molecule has 2 atom stereocenters. The molecule has 1 fully saturated rings. The Kier molecular flexibility index (Phi) is 4.22. The largest absolute Gasteiger partial charge is 0.366 e. The van der Waals surface area contributed by atoms with Crippen molar-refractivity contribution in [1.82, 2.24) is 10.4 Å². The van der Waals surface area contributed by atoms with Crippen LogP contribution in [-0.4, -0.2) is 41.9 Å². The van der Waals surface area contributed by atoms with Gasteiger partial charge in [-0.25, -0.2) is 0 Å². The lowest BCUT2D eigenvalue weighted by Crippen LogP contribution is -2.58. The highest BCUT2D eigenvalue weighted by molar-refractivity contribution is 5.54. The molecule has 1 aromatic carbocycles. The fourth-order valence-electron chi connectivity index (χ4n) is 2.73. The van der Waals surface area contributed by atoms with Gasteiger partial charge in [0.2, 0.25) is 0 Å². The first-order chi connectivity index (χ1) is 8.63. The maximum atomic E-state index is 8.84. The molecular weight excluding hydrogens is 226 g/mol. The van der Waals surface area contributed by atoms with Crippen LogP contribution in [0.15, 0.2) is 24.3 Å². The third kappa shape index (κ3) is 2.66. The lowest BCUT2D eigenvalue weighted by molar-refractivity contribution is 0.0638. The topological polar surface area (TPSA) is 38.7 Å². The van der Waals surface area contributed by atoms with Crippen molar-refractivity contribution in [3.63, 3.8) is 0 Å². The lowest BCUT2D eigenvalue weighted by Gasteiger charge is -2.45. The Hall–Kier alpha value is -1.10. The number of hydrogen-bond donors (Lipinski definition) is 2. The lowest BCUT2D eigenvalue weighted by atomic mass is 10.1. The summed E-state index contributed by atoms with van der Waals surface area (Å²) < 4.78 is 0. The van der Waals surface area contributed by atoms with Gasteiger partial charge in [0.25, 0.3) is 0 Å². The summed E-state index contributed by atoms with van der Waals surface area (Å²) in [4.78, 5) is 4.73. The number of hydrogen-bond acceptors (Lipinski definition) is 4. The number of piperazine rings is 1. The average molecular weight is 249 g/mol. The van der Waals surface area contributed by atoms with Gasteiger partial charge in [-0.1, -0.05) is 18.2 Å². The van der Waals surface area contributed by atoms with Crippen LogP contribution in [0.2, 0.25) is 0 Å². The van der Waals surface area contributed by atoms with E-state index in [9.17, 15) is 0 Å². The van der Waals surface area contributed by atoms with Gasteiger partial charge in [0, 0.05) is 30.9 Å².